The molecule has 0 aliphatic carbocycles. The number of methoxy groups -OCH3 is 2. The summed E-state index contributed by atoms with van der Waals surface area (Å²) in [7, 11) is 3.14. The predicted molar refractivity (Wildman–Crippen MR) is 79.5 cm³/mol. The Morgan fingerprint density at radius 1 is 1.14 bits per heavy atom. The van der Waals surface area contributed by atoms with Crippen LogP contribution in [-0.2, 0) is 11.3 Å². The molecule has 21 heavy (non-hydrogen) atoms. The van der Waals surface area contributed by atoms with E-state index in [1.165, 1.54) is 0 Å². The van der Waals surface area contributed by atoms with Gasteiger partial charge in [0.15, 0.2) is 12.4 Å². The van der Waals surface area contributed by atoms with Gasteiger partial charge in [-0.05, 0) is 24.6 Å². The number of hydrogen-bond donors (Lipinski definition) is 1. The lowest BCUT2D eigenvalue weighted by molar-refractivity contribution is -0.684. The Kier molecular flexibility index (Phi) is 4.77. The van der Waals surface area contributed by atoms with Crippen LogP contribution in [0.4, 0.5) is 5.69 Å². The first-order valence-electron chi connectivity index (χ1n) is 6.60. The molecule has 5 nitrogen and oxygen atoms in total. The maximum atomic E-state index is 12.1. The Balaban J connectivity index is 2.09. The van der Waals surface area contributed by atoms with Crippen LogP contribution in [0.2, 0.25) is 0 Å². The van der Waals surface area contributed by atoms with Gasteiger partial charge in [0.05, 0.1) is 19.9 Å². The minimum Gasteiger partial charge on any atom is -0.497 e. The molecule has 0 spiro atoms. The number of nitrogens with one attached hydrogen (secondary N) is 1. The molecule has 110 valence electrons. The van der Waals surface area contributed by atoms with E-state index in [1.54, 1.807) is 32.4 Å². The van der Waals surface area contributed by atoms with Gasteiger partial charge in [0.25, 0.3) is 5.91 Å². The summed E-state index contributed by atoms with van der Waals surface area (Å²) >= 11 is 0. The lowest BCUT2D eigenvalue weighted by atomic mass is 10.2. The standard InChI is InChI=1S/C16H18N2O3/c1-12-6-8-18(9-7-12)11-16(19)17-14-10-13(20-2)4-5-15(14)21-3/h4-10H,11H2,1-3H3/p+1. The van der Waals surface area contributed by atoms with E-state index in [0.717, 1.165) is 5.56 Å². The van der Waals surface area contributed by atoms with Crippen molar-refractivity contribution in [1.29, 1.82) is 0 Å². The Hall–Kier alpha value is -2.56. The van der Waals surface area contributed by atoms with E-state index in [4.69, 9.17) is 9.47 Å². The normalized spacial score (nSPS) is 10.0. The highest BCUT2D eigenvalue weighted by atomic mass is 16.5. The smallest absolute Gasteiger partial charge is 0.290 e. The van der Waals surface area contributed by atoms with Crippen molar-refractivity contribution in [3.05, 3.63) is 48.3 Å². The quantitative estimate of drug-likeness (QED) is 0.855. The minimum atomic E-state index is -0.129. The number of carbonyl (C=O) groups is 1. The highest BCUT2D eigenvalue weighted by molar-refractivity contribution is 5.91. The van der Waals surface area contributed by atoms with Crippen molar-refractivity contribution in [3.63, 3.8) is 0 Å². The van der Waals surface area contributed by atoms with Gasteiger partial charge in [-0.1, -0.05) is 0 Å². The molecule has 1 aromatic carbocycles. The van der Waals surface area contributed by atoms with Crippen molar-refractivity contribution in [2.45, 2.75) is 13.5 Å². The molecule has 0 radical (unpaired) electrons. The average Bonchev–Trinajstić information content (AvgIpc) is 2.49. The first kappa shape index (κ1) is 14.8. The summed E-state index contributed by atoms with van der Waals surface area (Å²) in [5, 5.41) is 2.83. The van der Waals surface area contributed by atoms with E-state index < -0.39 is 0 Å². The topological polar surface area (TPSA) is 51.4 Å². The Morgan fingerprint density at radius 3 is 2.48 bits per heavy atom. The van der Waals surface area contributed by atoms with E-state index in [9.17, 15) is 4.79 Å². The molecule has 2 aromatic rings. The molecule has 0 unspecified atom stereocenters. The number of anilines is 1. The molecule has 0 aliphatic rings. The van der Waals surface area contributed by atoms with Crippen LogP contribution in [0.3, 0.4) is 0 Å². The van der Waals surface area contributed by atoms with Gasteiger partial charge < -0.3 is 14.8 Å². The zero-order valence-electron chi connectivity index (χ0n) is 12.4. The average molecular weight is 287 g/mol. The summed E-state index contributed by atoms with van der Waals surface area (Å²) in [6.45, 7) is 2.24. The number of nitrogens with zero attached hydrogens (tertiary/aromatic N) is 1. The number of aromatic nitrogens is 1. The number of ether oxygens (including phenoxy) is 2. The third kappa shape index (κ3) is 3.95. The first-order chi connectivity index (χ1) is 10.1. The van der Waals surface area contributed by atoms with Crippen LogP contribution in [0.5, 0.6) is 11.5 Å². The monoisotopic (exact) mass is 287 g/mol. The molecular weight excluding hydrogens is 268 g/mol. The summed E-state index contributed by atoms with van der Waals surface area (Å²) in [5.74, 6) is 1.13. The van der Waals surface area contributed by atoms with Gasteiger partial charge in [-0.2, -0.15) is 4.57 Å². The number of pyridine rings is 1. The molecule has 1 heterocycles. The van der Waals surface area contributed by atoms with E-state index in [0.29, 0.717) is 17.2 Å². The molecule has 0 atom stereocenters. The van der Waals surface area contributed by atoms with Crippen molar-refractivity contribution >= 4 is 11.6 Å². The second-order valence-corrected chi connectivity index (χ2v) is 4.66. The van der Waals surface area contributed by atoms with Crippen LogP contribution in [0.15, 0.2) is 42.7 Å². The number of hydrogen-bond acceptors (Lipinski definition) is 3. The number of aryl methyl sites for hydroxylation is 1. The summed E-state index contributed by atoms with van der Waals surface area (Å²) in [4.78, 5) is 12.1. The number of amides is 1. The highest BCUT2D eigenvalue weighted by Gasteiger charge is 2.13. The Bertz CT molecular complexity index is 624. The lowest BCUT2D eigenvalue weighted by Crippen LogP contribution is -2.39. The molecule has 2 rings (SSSR count). The van der Waals surface area contributed by atoms with E-state index in [2.05, 4.69) is 5.32 Å². The molecule has 0 saturated carbocycles. The van der Waals surface area contributed by atoms with Crippen molar-refractivity contribution in [1.82, 2.24) is 0 Å². The lowest BCUT2D eigenvalue weighted by Gasteiger charge is -2.10. The largest absolute Gasteiger partial charge is 0.497 e. The first-order valence-corrected chi connectivity index (χ1v) is 6.60. The maximum absolute atomic E-state index is 12.1. The number of benzene rings is 1. The van der Waals surface area contributed by atoms with Gasteiger partial charge in [0.2, 0.25) is 6.54 Å². The van der Waals surface area contributed by atoms with E-state index in [1.807, 2.05) is 36.0 Å². The number of carbonyl (C=O) groups excluding carboxylic acids is 1. The molecule has 0 saturated heterocycles. The molecule has 0 aliphatic heterocycles. The number of rotatable bonds is 5. The fraction of sp³-hybridized carbons (Fsp3) is 0.250. The summed E-state index contributed by atoms with van der Waals surface area (Å²) < 4.78 is 12.2. The van der Waals surface area contributed by atoms with Gasteiger partial charge in [-0.15, -0.1) is 0 Å². The van der Waals surface area contributed by atoms with E-state index >= 15 is 0 Å². The molecule has 5 heteroatoms. The van der Waals surface area contributed by atoms with Crippen molar-refractivity contribution in [2.24, 2.45) is 0 Å². The second-order valence-electron chi connectivity index (χ2n) is 4.66. The van der Waals surface area contributed by atoms with Crippen LogP contribution < -0.4 is 19.4 Å². The highest BCUT2D eigenvalue weighted by Crippen LogP contribution is 2.28. The minimum absolute atomic E-state index is 0.129. The van der Waals surface area contributed by atoms with Gasteiger partial charge in [-0.3, -0.25) is 4.79 Å². The summed E-state index contributed by atoms with van der Waals surface area (Å²) in [6, 6.07) is 9.19. The zero-order valence-corrected chi connectivity index (χ0v) is 12.4. The molecular formula is C16H19N2O3+. The molecule has 1 aromatic heterocycles. The van der Waals surface area contributed by atoms with Crippen LogP contribution in [0.25, 0.3) is 0 Å². The fourth-order valence-electron chi connectivity index (χ4n) is 1.90. The molecule has 0 fully saturated rings. The molecule has 0 bridgehead atoms. The van der Waals surface area contributed by atoms with Crippen LogP contribution in [0.1, 0.15) is 5.56 Å². The van der Waals surface area contributed by atoms with Gasteiger partial charge in [-0.25, -0.2) is 0 Å². The zero-order chi connectivity index (χ0) is 15.2. The van der Waals surface area contributed by atoms with E-state index in [-0.39, 0.29) is 12.5 Å². The predicted octanol–water partition coefficient (Wildman–Crippen LogP) is 1.94. The van der Waals surface area contributed by atoms with Crippen LogP contribution in [0, 0.1) is 6.92 Å². The Morgan fingerprint density at radius 2 is 1.86 bits per heavy atom. The van der Waals surface area contributed by atoms with Crippen LogP contribution >= 0.6 is 0 Å². The molecule has 1 amide bonds. The van der Waals surface area contributed by atoms with Crippen LogP contribution in [-0.4, -0.2) is 20.1 Å². The molecule has 1 N–H and O–H groups in total. The van der Waals surface area contributed by atoms with Crippen molar-refractivity contribution in [2.75, 3.05) is 19.5 Å². The third-order valence-corrected chi connectivity index (χ3v) is 3.06. The second kappa shape index (κ2) is 6.74. The van der Waals surface area contributed by atoms with Gasteiger partial charge in [0, 0.05) is 18.2 Å². The fourth-order valence-corrected chi connectivity index (χ4v) is 1.90. The maximum Gasteiger partial charge on any atom is 0.290 e. The Labute approximate surface area is 124 Å². The van der Waals surface area contributed by atoms with Gasteiger partial charge >= 0.3 is 0 Å². The van der Waals surface area contributed by atoms with Crippen molar-refractivity contribution < 1.29 is 18.8 Å². The summed E-state index contributed by atoms with van der Waals surface area (Å²) in [5.41, 5.74) is 1.75. The SMILES string of the molecule is COc1ccc(OC)c(NC(=O)C[n+]2ccc(C)cc2)c1. The summed E-state index contributed by atoms with van der Waals surface area (Å²) in [6.07, 6.45) is 3.75. The van der Waals surface area contributed by atoms with Gasteiger partial charge in [0.1, 0.15) is 11.5 Å². The van der Waals surface area contributed by atoms with Crippen molar-refractivity contribution in [3.8, 4) is 11.5 Å². The third-order valence-electron chi connectivity index (χ3n) is 3.06.